The third-order valence-corrected chi connectivity index (χ3v) is 6.57. The van der Waals surface area contributed by atoms with Gasteiger partial charge >= 0.3 is 0 Å². The Morgan fingerprint density at radius 2 is 1.30 bits per heavy atom. The van der Waals surface area contributed by atoms with Crippen LogP contribution in [0.15, 0.2) is 12.2 Å². The van der Waals surface area contributed by atoms with Crippen LogP contribution in [0.1, 0.15) is 96.8 Å². The van der Waals surface area contributed by atoms with E-state index in [4.69, 9.17) is 0 Å². The zero-order chi connectivity index (χ0) is 25.0. The van der Waals surface area contributed by atoms with Crippen molar-refractivity contribution in [3.63, 3.8) is 0 Å². The maximum absolute atomic E-state index is 12.3. The molecule has 196 valence electrons. The average molecular weight is 491 g/mol. The molecule has 0 unspecified atom stereocenters. The Hall–Kier alpha value is -0.960. The number of hydrogen-bond donors (Lipinski definition) is 0. The molecule has 0 N–H and O–H groups in total. The third kappa shape index (κ3) is 21.3. The molecule has 1 saturated heterocycles. The molecule has 0 atom stereocenters. The van der Waals surface area contributed by atoms with Crippen molar-refractivity contribution in [1.29, 1.82) is 0 Å². The Kier molecular flexibility index (Phi) is 18.8. The highest BCUT2D eigenvalue weighted by Gasteiger charge is 2.26. The van der Waals surface area contributed by atoms with E-state index >= 15 is 0 Å². The normalized spacial score (nSPS) is 16.0. The summed E-state index contributed by atoms with van der Waals surface area (Å²) in [6.45, 7) is 6.35. The fourth-order valence-corrected chi connectivity index (χ4v) is 3.76. The number of unbranched alkanes of at least 4 members (excludes halogenated alkanes) is 11. The van der Waals surface area contributed by atoms with Crippen molar-refractivity contribution in [2.75, 3.05) is 47.4 Å². The van der Waals surface area contributed by atoms with Crippen LogP contribution in [0.3, 0.4) is 0 Å². The Morgan fingerprint density at radius 1 is 0.879 bits per heavy atom. The maximum atomic E-state index is 12.3. The largest absolute Gasteiger partial charge is 0.726 e. The van der Waals surface area contributed by atoms with Crippen LogP contribution in [-0.2, 0) is 19.4 Å². The van der Waals surface area contributed by atoms with E-state index in [-0.39, 0.29) is 0 Å². The highest BCUT2D eigenvalue weighted by molar-refractivity contribution is 7.80. The van der Waals surface area contributed by atoms with E-state index < -0.39 is 10.4 Å². The molecule has 1 aliphatic rings. The van der Waals surface area contributed by atoms with Gasteiger partial charge in [0.05, 0.1) is 47.4 Å². The van der Waals surface area contributed by atoms with E-state index in [1.807, 2.05) is 0 Å². The summed E-state index contributed by atoms with van der Waals surface area (Å²) < 4.78 is 32.1. The summed E-state index contributed by atoms with van der Waals surface area (Å²) in [7, 11) is 0.907. The van der Waals surface area contributed by atoms with Crippen LogP contribution in [0.4, 0.5) is 0 Å². The van der Waals surface area contributed by atoms with E-state index in [1.165, 1.54) is 77.0 Å². The topological polar surface area (TPSA) is 86.7 Å². The first-order valence-corrected chi connectivity index (χ1v) is 14.2. The van der Waals surface area contributed by atoms with Crippen LogP contribution in [0.5, 0.6) is 0 Å². The van der Waals surface area contributed by atoms with Gasteiger partial charge in [0, 0.05) is 6.42 Å². The summed E-state index contributed by atoms with van der Waals surface area (Å²) >= 11 is 0. The first-order valence-electron chi connectivity index (χ1n) is 12.9. The monoisotopic (exact) mass is 490 g/mol. The molecule has 0 aromatic rings. The van der Waals surface area contributed by atoms with Gasteiger partial charge in [0.1, 0.15) is 0 Å². The van der Waals surface area contributed by atoms with Crippen LogP contribution in [0.25, 0.3) is 0 Å². The number of hydrogen-bond acceptors (Lipinski definition) is 5. The fourth-order valence-electron chi connectivity index (χ4n) is 3.76. The number of piperazine rings is 1. The first kappa shape index (κ1) is 32.0. The molecular formula is C25H50N2O5S. The van der Waals surface area contributed by atoms with E-state index in [9.17, 15) is 17.8 Å². The van der Waals surface area contributed by atoms with E-state index in [2.05, 4.69) is 42.3 Å². The van der Waals surface area contributed by atoms with E-state index in [0.29, 0.717) is 5.91 Å². The first-order chi connectivity index (χ1) is 15.6. The van der Waals surface area contributed by atoms with Crippen molar-refractivity contribution in [3.05, 3.63) is 12.2 Å². The Morgan fingerprint density at radius 3 is 1.76 bits per heavy atom. The second-order valence-electron chi connectivity index (χ2n) is 9.67. The number of likely N-dealkylation sites (N-methyl/N-ethyl adjacent to an activating group) is 1. The lowest BCUT2D eigenvalue weighted by Crippen LogP contribution is -2.56. The van der Waals surface area contributed by atoms with Crippen molar-refractivity contribution in [2.24, 2.45) is 0 Å². The van der Waals surface area contributed by atoms with Crippen molar-refractivity contribution in [2.45, 2.75) is 96.8 Å². The predicted molar refractivity (Wildman–Crippen MR) is 135 cm³/mol. The predicted octanol–water partition coefficient (Wildman–Crippen LogP) is 5.04. The molecule has 0 radical (unpaired) electrons. The van der Waals surface area contributed by atoms with Gasteiger partial charge < -0.3 is 13.9 Å². The number of amides is 1. The number of carbonyl (C=O) groups is 1. The molecule has 1 fully saturated rings. The lowest BCUT2D eigenvalue weighted by atomic mass is 10.1. The molecule has 8 heteroatoms. The molecule has 1 aliphatic heterocycles. The quantitative estimate of drug-likeness (QED) is 0.0995. The number of allylic oxidation sites excluding steroid dienone is 2. The highest BCUT2D eigenvalue weighted by Crippen LogP contribution is 2.12. The fraction of sp³-hybridized carbons (Fsp3) is 0.880. The zero-order valence-corrected chi connectivity index (χ0v) is 22.5. The molecule has 0 spiro atoms. The molecular weight excluding hydrogens is 440 g/mol. The van der Waals surface area contributed by atoms with E-state index in [0.717, 1.165) is 50.6 Å². The van der Waals surface area contributed by atoms with Gasteiger partial charge in [-0.25, -0.2) is 8.42 Å². The average Bonchev–Trinajstić information content (AvgIpc) is 2.76. The SMILES string of the molecule is CCCCCCCC/C=C\CCCCCCCC(=O)N1CC[N+](C)(C)CC1.COS(=O)(=O)[O-]. The number of carbonyl (C=O) groups excluding carboxylic acids is 1. The Labute approximate surface area is 204 Å². The van der Waals surface area contributed by atoms with Gasteiger partial charge in [-0.2, -0.15) is 0 Å². The number of nitrogens with zero attached hydrogens (tertiary/aromatic N) is 2. The molecule has 7 nitrogen and oxygen atoms in total. The van der Waals surface area contributed by atoms with Gasteiger partial charge in [-0.1, -0.05) is 70.4 Å². The van der Waals surface area contributed by atoms with Crippen LogP contribution in [0, 0.1) is 0 Å². The molecule has 0 bridgehead atoms. The minimum Gasteiger partial charge on any atom is -0.726 e. The zero-order valence-electron chi connectivity index (χ0n) is 21.7. The van der Waals surface area contributed by atoms with Gasteiger partial charge in [-0.15, -0.1) is 0 Å². The minimum absolute atomic E-state index is 0.382. The van der Waals surface area contributed by atoms with Gasteiger partial charge in [0.25, 0.3) is 0 Å². The Balaban J connectivity index is 0.00000150. The molecule has 0 aliphatic carbocycles. The number of quaternary nitrogens is 1. The summed E-state index contributed by atoms with van der Waals surface area (Å²) in [6, 6.07) is 0. The second kappa shape index (κ2) is 19.4. The smallest absolute Gasteiger partial charge is 0.222 e. The van der Waals surface area contributed by atoms with Crippen molar-refractivity contribution < 1.29 is 26.4 Å². The van der Waals surface area contributed by atoms with Crippen molar-refractivity contribution >= 4 is 16.3 Å². The lowest BCUT2D eigenvalue weighted by molar-refractivity contribution is -0.894. The van der Waals surface area contributed by atoms with Gasteiger partial charge in [0.2, 0.25) is 16.3 Å². The summed E-state index contributed by atoms with van der Waals surface area (Å²) in [5, 5.41) is 0. The standard InChI is InChI=1S/C24H47N2O.CH4O4S/c1-4-5-6-7-8-9-10-11-12-13-14-15-16-17-18-19-24(27)25-20-22-26(2,3)23-21-25;1-5-6(2,3)4/h11-12H,4-10,13-23H2,1-3H3;1H3,(H,2,3,4)/q+1;/p-1/b12-11-;. The summed E-state index contributed by atoms with van der Waals surface area (Å²) in [5.41, 5.74) is 0. The molecule has 1 heterocycles. The van der Waals surface area contributed by atoms with E-state index in [1.54, 1.807) is 0 Å². The molecule has 1 amide bonds. The Bertz CT molecular complexity index is 610. The second-order valence-corrected chi connectivity index (χ2v) is 10.8. The maximum Gasteiger partial charge on any atom is 0.222 e. The van der Waals surface area contributed by atoms with Crippen LogP contribution >= 0.6 is 0 Å². The molecule has 0 aromatic carbocycles. The van der Waals surface area contributed by atoms with Gasteiger partial charge in [-0.05, 0) is 32.1 Å². The van der Waals surface area contributed by atoms with Crippen LogP contribution in [-0.4, -0.2) is 75.6 Å². The molecule has 1 rings (SSSR count). The van der Waals surface area contributed by atoms with Gasteiger partial charge in [-0.3, -0.25) is 8.98 Å². The third-order valence-electron chi connectivity index (χ3n) is 6.16. The minimum atomic E-state index is -4.41. The highest BCUT2D eigenvalue weighted by atomic mass is 32.3. The lowest BCUT2D eigenvalue weighted by Gasteiger charge is -2.39. The summed E-state index contributed by atoms with van der Waals surface area (Å²) in [5.74, 6) is 0.382. The summed E-state index contributed by atoms with van der Waals surface area (Å²) in [6.07, 6.45) is 22.5. The van der Waals surface area contributed by atoms with Crippen LogP contribution in [0.2, 0.25) is 0 Å². The van der Waals surface area contributed by atoms with Crippen molar-refractivity contribution in [1.82, 2.24) is 4.90 Å². The number of rotatable bonds is 16. The molecule has 0 saturated carbocycles. The van der Waals surface area contributed by atoms with Crippen molar-refractivity contribution in [3.8, 4) is 0 Å². The molecule has 33 heavy (non-hydrogen) atoms. The summed E-state index contributed by atoms with van der Waals surface area (Å²) in [4.78, 5) is 14.3. The van der Waals surface area contributed by atoms with Gasteiger partial charge in [0.15, 0.2) is 0 Å². The van der Waals surface area contributed by atoms with Crippen LogP contribution < -0.4 is 0 Å². The molecule has 0 aromatic heterocycles.